The number of benzene rings is 2. The van der Waals surface area contributed by atoms with E-state index in [0.29, 0.717) is 46.4 Å². The monoisotopic (exact) mass is 414 g/mol. The van der Waals surface area contributed by atoms with Crippen molar-refractivity contribution < 1.29 is 13.9 Å². The van der Waals surface area contributed by atoms with E-state index in [1.807, 2.05) is 37.2 Å². The first-order valence-electron chi connectivity index (χ1n) is 9.31. The van der Waals surface area contributed by atoms with Gasteiger partial charge in [0, 0.05) is 30.3 Å². The number of pyridine rings is 1. The fraction of sp³-hybridized carbons (Fsp3) is 0.261. The molecule has 0 aliphatic heterocycles. The molecule has 1 aromatic heterocycles. The van der Waals surface area contributed by atoms with E-state index in [1.165, 1.54) is 7.11 Å². The molecule has 0 bridgehead atoms. The molecular formula is C23H24ClFN2O2. The average Bonchev–Trinajstić information content (AvgIpc) is 2.70. The first-order valence-corrected chi connectivity index (χ1v) is 9.69. The Bertz CT molecular complexity index is 962. The summed E-state index contributed by atoms with van der Waals surface area (Å²) in [6.07, 6.45) is 2.13. The molecule has 3 aromatic rings. The first-order chi connectivity index (χ1) is 14.0. The van der Waals surface area contributed by atoms with E-state index in [9.17, 15) is 0 Å². The van der Waals surface area contributed by atoms with E-state index >= 15 is 4.39 Å². The number of nitrogens with zero attached hydrogens (tertiary/aromatic N) is 2. The van der Waals surface area contributed by atoms with Gasteiger partial charge in [-0.3, -0.25) is 0 Å². The second-order valence-electron chi connectivity index (χ2n) is 6.96. The van der Waals surface area contributed by atoms with E-state index in [-0.39, 0.29) is 5.82 Å². The molecule has 1 heterocycles. The molecule has 3 rings (SSSR count). The van der Waals surface area contributed by atoms with E-state index in [1.54, 1.807) is 36.5 Å². The Balaban J connectivity index is 1.82. The van der Waals surface area contributed by atoms with Crippen LogP contribution < -0.4 is 9.47 Å². The zero-order chi connectivity index (χ0) is 20.8. The predicted octanol–water partition coefficient (Wildman–Crippen LogP) is 5.08. The van der Waals surface area contributed by atoms with Crippen LogP contribution in [0.15, 0.2) is 54.7 Å². The molecular weight excluding hydrogens is 391 g/mol. The maximum atomic E-state index is 15.4. The van der Waals surface area contributed by atoms with Crippen molar-refractivity contribution >= 4 is 11.6 Å². The lowest BCUT2D eigenvalue weighted by Gasteiger charge is -2.14. The van der Waals surface area contributed by atoms with Crippen LogP contribution >= 0.6 is 11.6 Å². The van der Waals surface area contributed by atoms with Gasteiger partial charge in [0.2, 0.25) is 5.88 Å². The summed E-state index contributed by atoms with van der Waals surface area (Å²) in [5.41, 5.74) is 2.54. The summed E-state index contributed by atoms with van der Waals surface area (Å²) in [6.45, 7) is 1.38. The Morgan fingerprint density at radius 2 is 1.93 bits per heavy atom. The normalized spacial score (nSPS) is 11.0. The molecule has 6 heteroatoms. The highest BCUT2D eigenvalue weighted by atomic mass is 35.5. The second kappa shape index (κ2) is 9.72. The van der Waals surface area contributed by atoms with Gasteiger partial charge in [-0.1, -0.05) is 35.9 Å². The third-order valence-electron chi connectivity index (χ3n) is 4.50. The molecule has 0 saturated heterocycles. The standard InChI is InChI=1S/C23H24ClFN2O2/c1-27(2)11-12-29-21-10-7-16(15-26-21)13-18-8-9-20(28-3)22(23(18)25)17-5-4-6-19(24)14-17/h4-10,14-15H,11-13H2,1-3H3. The molecule has 0 fully saturated rings. The van der Waals surface area contributed by atoms with Crippen LogP contribution in [0.5, 0.6) is 11.6 Å². The van der Waals surface area contributed by atoms with Crippen molar-refractivity contribution in [3.63, 3.8) is 0 Å². The molecule has 0 aliphatic rings. The zero-order valence-electron chi connectivity index (χ0n) is 16.8. The Labute approximate surface area is 175 Å². The molecule has 0 saturated carbocycles. The fourth-order valence-electron chi connectivity index (χ4n) is 2.97. The van der Waals surface area contributed by atoms with Crippen LogP contribution in [0.1, 0.15) is 11.1 Å². The van der Waals surface area contributed by atoms with E-state index < -0.39 is 0 Å². The third kappa shape index (κ3) is 5.46. The smallest absolute Gasteiger partial charge is 0.213 e. The lowest BCUT2D eigenvalue weighted by atomic mass is 9.97. The summed E-state index contributed by atoms with van der Waals surface area (Å²) in [7, 11) is 5.50. The average molecular weight is 415 g/mol. The number of ether oxygens (including phenoxy) is 2. The van der Waals surface area contributed by atoms with Crippen LogP contribution in [0, 0.1) is 5.82 Å². The third-order valence-corrected chi connectivity index (χ3v) is 4.73. The lowest BCUT2D eigenvalue weighted by Crippen LogP contribution is -2.19. The minimum absolute atomic E-state index is 0.321. The highest BCUT2D eigenvalue weighted by Gasteiger charge is 2.17. The number of aromatic nitrogens is 1. The van der Waals surface area contributed by atoms with Gasteiger partial charge < -0.3 is 14.4 Å². The Morgan fingerprint density at radius 3 is 2.59 bits per heavy atom. The van der Waals surface area contributed by atoms with E-state index in [4.69, 9.17) is 21.1 Å². The van der Waals surface area contributed by atoms with Gasteiger partial charge >= 0.3 is 0 Å². The quantitative estimate of drug-likeness (QED) is 0.514. The summed E-state index contributed by atoms with van der Waals surface area (Å²) in [5.74, 6) is 0.708. The minimum atomic E-state index is -0.321. The number of halogens is 2. The highest BCUT2D eigenvalue weighted by Crippen LogP contribution is 2.36. The lowest BCUT2D eigenvalue weighted by molar-refractivity contribution is 0.254. The summed E-state index contributed by atoms with van der Waals surface area (Å²) in [6, 6.07) is 14.3. The molecule has 0 N–H and O–H groups in total. The number of rotatable bonds is 8. The maximum Gasteiger partial charge on any atom is 0.213 e. The Kier molecular flexibility index (Phi) is 7.07. The SMILES string of the molecule is COc1ccc(Cc2ccc(OCCN(C)C)nc2)c(F)c1-c1cccc(Cl)c1. The summed E-state index contributed by atoms with van der Waals surface area (Å²) >= 11 is 6.09. The van der Waals surface area contributed by atoms with Crippen LogP contribution in [0.2, 0.25) is 5.02 Å². The number of hydrogen-bond acceptors (Lipinski definition) is 4. The molecule has 0 atom stereocenters. The summed E-state index contributed by atoms with van der Waals surface area (Å²) < 4.78 is 26.4. The topological polar surface area (TPSA) is 34.6 Å². The second-order valence-corrected chi connectivity index (χ2v) is 7.40. The predicted molar refractivity (Wildman–Crippen MR) is 114 cm³/mol. The number of hydrogen-bond donors (Lipinski definition) is 0. The fourth-order valence-corrected chi connectivity index (χ4v) is 3.16. The molecule has 4 nitrogen and oxygen atoms in total. The summed E-state index contributed by atoms with van der Waals surface area (Å²) in [5, 5.41) is 0.545. The minimum Gasteiger partial charge on any atom is -0.496 e. The van der Waals surface area contributed by atoms with Crippen molar-refractivity contribution in [2.24, 2.45) is 0 Å². The molecule has 0 amide bonds. The molecule has 0 spiro atoms. The van der Waals surface area contributed by atoms with Crippen molar-refractivity contribution in [3.05, 3.63) is 76.7 Å². The van der Waals surface area contributed by atoms with Gasteiger partial charge in [0.15, 0.2) is 0 Å². The van der Waals surface area contributed by atoms with Crippen molar-refractivity contribution in [1.29, 1.82) is 0 Å². The van der Waals surface area contributed by atoms with Gasteiger partial charge in [-0.15, -0.1) is 0 Å². The van der Waals surface area contributed by atoms with Crippen LogP contribution in [-0.4, -0.2) is 44.2 Å². The van der Waals surface area contributed by atoms with Crippen LogP contribution in [0.25, 0.3) is 11.1 Å². The highest BCUT2D eigenvalue weighted by molar-refractivity contribution is 6.30. The van der Waals surface area contributed by atoms with Gasteiger partial charge in [-0.05, 0) is 49.0 Å². The van der Waals surface area contributed by atoms with Gasteiger partial charge in [0.25, 0.3) is 0 Å². The molecule has 0 aliphatic carbocycles. The van der Waals surface area contributed by atoms with E-state index in [2.05, 4.69) is 4.98 Å². The van der Waals surface area contributed by atoms with Crippen LogP contribution in [0.4, 0.5) is 4.39 Å². The Morgan fingerprint density at radius 1 is 1.10 bits per heavy atom. The van der Waals surface area contributed by atoms with Gasteiger partial charge in [0.1, 0.15) is 18.2 Å². The van der Waals surface area contributed by atoms with Crippen molar-refractivity contribution in [1.82, 2.24) is 9.88 Å². The Hall–Kier alpha value is -2.63. The molecule has 29 heavy (non-hydrogen) atoms. The molecule has 0 unspecified atom stereocenters. The van der Waals surface area contributed by atoms with Crippen LogP contribution in [0.3, 0.4) is 0 Å². The van der Waals surface area contributed by atoms with Crippen molar-refractivity contribution in [2.45, 2.75) is 6.42 Å². The van der Waals surface area contributed by atoms with Crippen LogP contribution in [-0.2, 0) is 6.42 Å². The molecule has 2 aromatic carbocycles. The van der Waals surface area contributed by atoms with E-state index in [0.717, 1.165) is 12.1 Å². The number of likely N-dealkylation sites (N-methyl/N-ethyl adjacent to an activating group) is 1. The number of methoxy groups -OCH3 is 1. The van der Waals surface area contributed by atoms with Crippen molar-refractivity contribution in [3.8, 4) is 22.8 Å². The maximum absolute atomic E-state index is 15.4. The largest absolute Gasteiger partial charge is 0.496 e. The van der Waals surface area contributed by atoms with Gasteiger partial charge in [0.05, 0.1) is 12.7 Å². The molecule has 152 valence electrons. The van der Waals surface area contributed by atoms with Gasteiger partial charge in [-0.25, -0.2) is 9.37 Å². The first kappa shape index (κ1) is 21.1. The van der Waals surface area contributed by atoms with Gasteiger partial charge in [-0.2, -0.15) is 0 Å². The van der Waals surface area contributed by atoms with Crippen molar-refractivity contribution in [2.75, 3.05) is 34.4 Å². The summed E-state index contributed by atoms with van der Waals surface area (Å²) in [4.78, 5) is 6.36. The zero-order valence-corrected chi connectivity index (χ0v) is 17.5. The molecule has 0 radical (unpaired) electrons.